The van der Waals surface area contributed by atoms with Crippen LogP contribution in [-0.2, 0) is 0 Å². The topological polar surface area (TPSA) is 84.3 Å². The van der Waals surface area contributed by atoms with E-state index in [-0.39, 0.29) is 12.6 Å². The van der Waals surface area contributed by atoms with E-state index >= 15 is 0 Å². The summed E-state index contributed by atoms with van der Waals surface area (Å²) in [6.07, 6.45) is 0.705. The molecule has 4 nitrogen and oxygen atoms in total. The van der Waals surface area contributed by atoms with Crippen molar-refractivity contribution in [3.63, 3.8) is 0 Å². The molecule has 62 valence electrons. The molecule has 0 aromatic carbocycles. The van der Waals surface area contributed by atoms with Crippen molar-refractivity contribution in [3.8, 4) is 0 Å². The quantitative estimate of drug-likeness (QED) is 0.359. The van der Waals surface area contributed by atoms with E-state index in [9.17, 15) is 0 Å². The van der Waals surface area contributed by atoms with Gasteiger partial charge in [-0.15, -0.1) is 0 Å². The molecular formula is C6H17N3O. The predicted octanol–water partition coefficient (Wildman–Crippen LogP) is -1.76. The molecule has 0 aliphatic carbocycles. The molecule has 0 bridgehead atoms. The summed E-state index contributed by atoms with van der Waals surface area (Å²) in [5.41, 5.74) is 10.6. The van der Waals surface area contributed by atoms with Crippen molar-refractivity contribution in [1.29, 1.82) is 0 Å². The number of aliphatic hydroxyl groups is 1. The first-order valence-electron chi connectivity index (χ1n) is 3.59. The van der Waals surface area contributed by atoms with Crippen LogP contribution in [0.25, 0.3) is 0 Å². The van der Waals surface area contributed by atoms with Gasteiger partial charge in [-0.05, 0) is 6.42 Å². The minimum Gasteiger partial charge on any atom is -0.396 e. The third kappa shape index (κ3) is 4.69. The van der Waals surface area contributed by atoms with Gasteiger partial charge >= 0.3 is 0 Å². The van der Waals surface area contributed by atoms with E-state index in [1.54, 1.807) is 0 Å². The third-order valence-corrected chi connectivity index (χ3v) is 1.34. The summed E-state index contributed by atoms with van der Waals surface area (Å²) in [5.74, 6) is 0. The molecule has 1 unspecified atom stereocenters. The molecule has 6 N–H and O–H groups in total. The molecule has 0 amide bonds. The molecule has 0 aromatic heterocycles. The van der Waals surface area contributed by atoms with Crippen molar-refractivity contribution in [2.75, 3.05) is 26.2 Å². The van der Waals surface area contributed by atoms with E-state index in [1.807, 2.05) is 0 Å². The molecule has 10 heavy (non-hydrogen) atoms. The minimum absolute atomic E-state index is 0.180. The van der Waals surface area contributed by atoms with E-state index < -0.39 is 0 Å². The highest BCUT2D eigenvalue weighted by Gasteiger charge is 2.01. The molecular weight excluding hydrogens is 130 g/mol. The summed E-state index contributed by atoms with van der Waals surface area (Å²) in [6, 6.07) is 0.216. The second kappa shape index (κ2) is 6.95. The fourth-order valence-corrected chi connectivity index (χ4v) is 0.747. The van der Waals surface area contributed by atoms with Crippen molar-refractivity contribution in [2.24, 2.45) is 11.5 Å². The van der Waals surface area contributed by atoms with Gasteiger partial charge in [-0.1, -0.05) is 0 Å². The zero-order valence-electron chi connectivity index (χ0n) is 6.21. The lowest BCUT2D eigenvalue weighted by atomic mass is 10.2. The molecule has 0 rings (SSSR count). The van der Waals surface area contributed by atoms with Crippen LogP contribution in [0.4, 0.5) is 0 Å². The Labute approximate surface area is 61.6 Å². The molecule has 0 heterocycles. The molecule has 4 heteroatoms. The average molecular weight is 147 g/mol. The summed E-state index contributed by atoms with van der Waals surface area (Å²) >= 11 is 0. The van der Waals surface area contributed by atoms with Gasteiger partial charge in [-0.3, -0.25) is 0 Å². The number of nitrogens with two attached hydrogens (primary N) is 2. The van der Waals surface area contributed by atoms with Gasteiger partial charge in [-0.25, -0.2) is 0 Å². The molecule has 0 radical (unpaired) electrons. The summed E-state index contributed by atoms with van der Waals surface area (Å²) in [7, 11) is 0. The third-order valence-electron chi connectivity index (χ3n) is 1.34. The van der Waals surface area contributed by atoms with Crippen LogP contribution in [0, 0.1) is 0 Å². The molecule has 0 aromatic rings. The molecule has 0 fully saturated rings. The molecule has 0 spiro atoms. The number of rotatable bonds is 6. The maximum atomic E-state index is 8.54. The summed E-state index contributed by atoms with van der Waals surface area (Å²) in [6.45, 7) is 2.11. The monoisotopic (exact) mass is 147 g/mol. The number of hydrogen-bond acceptors (Lipinski definition) is 4. The molecule has 0 saturated heterocycles. The molecule has 0 saturated carbocycles. The van der Waals surface area contributed by atoms with Crippen molar-refractivity contribution >= 4 is 0 Å². The maximum absolute atomic E-state index is 8.54. The Morgan fingerprint density at radius 3 is 2.50 bits per heavy atom. The van der Waals surface area contributed by atoms with Crippen molar-refractivity contribution in [2.45, 2.75) is 12.5 Å². The van der Waals surface area contributed by atoms with Crippen LogP contribution < -0.4 is 16.8 Å². The van der Waals surface area contributed by atoms with Crippen LogP contribution in [0.15, 0.2) is 0 Å². The number of nitrogens with one attached hydrogen (secondary N) is 1. The Kier molecular flexibility index (Phi) is 6.84. The fourth-order valence-electron chi connectivity index (χ4n) is 0.747. The maximum Gasteiger partial charge on any atom is 0.0446 e. The normalized spacial score (nSPS) is 13.5. The summed E-state index contributed by atoms with van der Waals surface area (Å²) < 4.78 is 0. The second-order valence-corrected chi connectivity index (χ2v) is 2.19. The van der Waals surface area contributed by atoms with Crippen LogP contribution in [0.3, 0.4) is 0 Å². The first-order valence-corrected chi connectivity index (χ1v) is 3.59. The highest BCUT2D eigenvalue weighted by molar-refractivity contribution is 4.66. The summed E-state index contributed by atoms with van der Waals surface area (Å²) in [4.78, 5) is 0. The highest BCUT2D eigenvalue weighted by Crippen LogP contribution is 1.85. The van der Waals surface area contributed by atoms with Crippen molar-refractivity contribution in [1.82, 2.24) is 5.32 Å². The lowest BCUT2D eigenvalue weighted by molar-refractivity contribution is 0.266. The Hall–Kier alpha value is -0.160. The van der Waals surface area contributed by atoms with Gasteiger partial charge in [0.05, 0.1) is 0 Å². The van der Waals surface area contributed by atoms with E-state index in [4.69, 9.17) is 16.6 Å². The van der Waals surface area contributed by atoms with Gasteiger partial charge in [0, 0.05) is 32.3 Å². The Bertz CT molecular complexity index is 70.0. The molecule has 0 aliphatic heterocycles. The lowest BCUT2D eigenvalue weighted by Crippen LogP contribution is -2.39. The zero-order chi connectivity index (χ0) is 7.82. The first kappa shape index (κ1) is 9.84. The van der Waals surface area contributed by atoms with Gasteiger partial charge in [0.15, 0.2) is 0 Å². The van der Waals surface area contributed by atoms with Gasteiger partial charge in [-0.2, -0.15) is 0 Å². The standard InChI is InChI=1S/C6H17N3O/c7-2-3-9-6(5-8)1-4-10/h6,9-10H,1-5,7-8H2. The average Bonchev–Trinajstić information content (AvgIpc) is 1.98. The van der Waals surface area contributed by atoms with Gasteiger partial charge in [0.1, 0.15) is 0 Å². The van der Waals surface area contributed by atoms with Crippen molar-refractivity contribution in [3.05, 3.63) is 0 Å². The summed E-state index contributed by atoms with van der Waals surface area (Å²) in [5, 5.41) is 11.7. The van der Waals surface area contributed by atoms with Crippen LogP contribution in [0.2, 0.25) is 0 Å². The predicted molar refractivity (Wildman–Crippen MR) is 41.6 cm³/mol. The van der Waals surface area contributed by atoms with E-state index in [2.05, 4.69) is 5.32 Å². The number of hydrogen-bond donors (Lipinski definition) is 4. The van der Waals surface area contributed by atoms with Gasteiger partial charge in [0.2, 0.25) is 0 Å². The molecule has 1 atom stereocenters. The van der Waals surface area contributed by atoms with E-state index in [1.165, 1.54) is 0 Å². The largest absolute Gasteiger partial charge is 0.396 e. The fraction of sp³-hybridized carbons (Fsp3) is 1.00. The first-order chi connectivity index (χ1) is 4.85. The van der Waals surface area contributed by atoms with Crippen LogP contribution >= 0.6 is 0 Å². The zero-order valence-corrected chi connectivity index (χ0v) is 6.21. The van der Waals surface area contributed by atoms with E-state index in [0.717, 1.165) is 6.54 Å². The second-order valence-electron chi connectivity index (χ2n) is 2.19. The van der Waals surface area contributed by atoms with Crippen LogP contribution in [0.1, 0.15) is 6.42 Å². The van der Waals surface area contributed by atoms with Crippen LogP contribution in [-0.4, -0.2) is 37.4 Å². The minimum atomic E-state index is 0.180. The van der Waals surface area contributed by atoms with Gasteiger partial charge in [0.25, 0.3) is 0 Å². The molecule has 0 aliphatic rings. The van der Waals surface area contributed by atoms with E-state index in [0.29, 0.717) is 19.5 Å². The highest BCUT2D eigenvalue weighted by atomic mass is 16.3. The Morgan fingerprint density at radius 2 is 2.10 bits per heavy atom. The SMILES string of the molecule is NCCNC(CN)CCO. The lowest BCUT2D eigenvalue weighted by Gasteiger charge is -2.13. The smallest absolute Gasteiger partial charge is 0.0446 e. The number of aliphatic hydroxyl groups excluding tert-OH is 1. The Balaban J connectivity index is 3.21. The Morgan fingerprint density at radius 1 is 1.40 bits per heavy atom. The van der Waals surface area contributed by atoms with Gasteiger partial charge < -0.3 is 21.9 Å². The van der Waals surface area contributed by atoms with Crippen molar-refractivity contribution < 1.29 is 5.11 Å². The van der Waals surface area contributed by atoms with Crippen LogP contribution in [0.5, 0.6) is 0 Å².